The Morgan fingerprint density at radius 1 is 1.35 bits per heavy atom. The molecule has 5 rings (SSSR count). The van der Waals surface area contributed by atoms with Gasteiger partial charge in [0.05, 0.1) is 36.7 Å². The molecule has 2 atom stereocenters. The largest absolute Gasteiger partial charge is 0.477 e. The fourth-order valence-corrected chi connectivity index (χ4v) is 4.22. The number of nitrogens with zero attached hydrogens (tertiary/aromatic N) is 3. The zero-order valence-corrected chi connectivity index (χ0v) is 14.2. The summed E-state index contributed by atoms with van der Waals surface area (Å²) in [5.41, 5.74) is 8.24. The Balaban J connectivity index is 1.81. The maximum atomic E-state index is 12.7. The van der Waals surface area contributed by atoms with Gasteiger partial charge in [-0.2, -0.15) is 0 Å². The summed E-state index contributed by atoms with van der Waals surface area (Å²) >= 11 is 0. The predicted molar refractivity (Wildman–Crippen MR) is 94.6 cm³/mol. The second kappa shape index (κ2) is 5.52. The van der Waals surface area contributed by atoms with E-state index in [1.54, 1.807) is 6.20 Å². The lowest BCUT2D eigenvalue weighted by Crippen LogP contribution is -2.42. The van der Waals surface area contributed by atoms with E-state index >= 15 is 0 Å². The highest BCUT2D eigenvalue weighted by Gasteiger charge is 2.37. The predicted octanol–water partition coefficient (Wildman–Crippen LogP) is 0.866. The van der Waals surface area contributed by atoms with Crippen LogP contribution in [0.1, 0.15) is 41.2 Å². The molecular formula is C18H20N4O4. The lowest BCUT2D eigenvalue weighted by atomic mass is 10.1. The molecule has 2 aromatic heterocycles. The number of carbonyl (C=O) groups is 1. The molecule has 3 aliphatic rings. The first-order valence-corrected chi connectivity index (χ1v) is 8.96. The van der Waals surface area contributed by atoms with E-state index in [0.717, 1.165) is 37.1 Å². The highest BCUT2D eigenvalue weighted by molar-refractivity contribution is 5.93. The van der Waals surface area contributed by atoms with Gasteiger partial charge in [0.2, 0.25) is 5.43 Å². The molecule has 2 aromatic rings. The highest BCUT2D eigenvalue weighted by atomic mass is 16.5. The van der Waals surface area contributed by atoms with E-state index in [1.807, 2.05) is 4.57 Å². The second-order valence-electron chi connectivity index (χ2n) is 7.36. The van der Waals surface area contributed by atoms with Crippen molar-refractivity contribution >= 4 is 22.7 Å². The number of aromatic carboxylic acids is 1. The second-order valence-corrected chi connectivity index (χ2v) is 7.36. The lowest BCUT2D eigenvalue weighted by Gasteiger charge is -2.27. The van der Waals surface area contributed by atoms with Crippen molar-refractivity contribution in [3.05, 3.63) is 33.7 Å². The minimum absolute atomic E-state index is 0.0525. The van der Waals surface area contributed by atoms with E-state index in [-0.39, 0.29) is 29.2 Å². The summed E-state index contributed by atoms with van der Waals surface area (Å²) in [5, 5.41) is 9.40. The van der Waals surface area contributed by atoms with E-state index in [1.165, 1.54) is 6.20 Å². The maximum absolute atomic E-state index is 12.7. The fraction of sp³-hybridized carbons (Fsp3) is 0.500. The van der Waals surface area contributed by atoms with Gasteiger partial charge in [0, 0.05) is 30.4 Å². The molecule has 4 heterocycles. The molecule has 1 saturated carbocycles. The van der Waals surface area contributed by atoms with Gasteiger partial charge in [0.15, 0.2) is 0 Å². The Morgan fingerprint density at radius 3 is 2.88 bits per heavy atom. The number of anilines is 1. The van der Waals surface area contributed by atoms with Crippen LogP contribution < -0.4 is 16.1 Å². The summed E-state index contributed by atoms with van der Waals surface area (Å²) in [6, 6.07) is 0.371. The van der Waals surface area contributed by atoms with Crippen molar-refractivity contribution in [3.8, 4) is 0 Å². The number of hydrogen-bond donors (Lipinski definition) is 2. The molecule has 0 radical (unpaired) electrons. The average Bonchev–Trinajstić information content (AvgIpc) is 3.41. The average molecular weight is 356 g/mol. The summed E-state index contributed by atoms with van der Waals surface area (Å²) in [6.07, 6.45) is 5.99. The third-order valence-electron chi connectivity index (χ3n) is 5.73. The van der Waals surface area contributed by atoms with Gasteiger partial charge in [-0.1, -0.05) is 0 Å². The number of carboxylic acids is 1. The molecule has 26 heavy (non-hydrogen) atoms. The van der Waals surface area contributed by atoms with Crippen LogP contribution in [-0.4, -0.2) is 45.9 Å². The molecular weight excluding hydrogens is 336 g/mol. The number of rotatable bonds is 2. The van der Waals surface area contributed by atoms with Crippen LogP contribution in [0.15, 0.2) is 17.2 Å². The van der Waals surface area contributed by atoms with Gasteiger partial charge in [0.1, 0.15) is 11.1 Å². The zero-order chi connectivity index (χ0) is 18.0. The van der Waals surface area contributed by atoms with Crippen LogP contribution in [0.25, 0.3) is 11.0 Å². The molecule has 136 valence electrons. The quantitative estimate of drug-likeness (QED) is 0.821. The van der Waals surface area contributed by atoms with E-state index in [4.69, 9.17) is 10.5 Å². The van der Waals surface area contributed by atoms with E-state index in [9.17, 15) is 14.7 Å². The molecule has 8 nitrogen and oxygen atoms in total. The van der Waals surface area contributed by atoms with Crippen LogP contribution in [0.2, 0.25) is 0 Å². The molecule has 2 aliphatic heterocycles. The van der Waals surface area contributed by atoms with Crippen molar-refractivity contribution in [2.24, 2.45) is 5.73 Å². The standard InChI is InChI=1S/C18H20N4O4/c19-12-3-4-21-13-5-20-15-16(11(13)7-26-8-14(12)21)22(9-1-2-9)6-10(17(15)23)18(24)25/h5-6,9,12,14H,1-4,7-8,19H2,(H,24,25). The van der Waals surface area contributed by atoms with Gasteiger partial charge >= 0.3 is 5.97 Å². The normalized spacial score (nSPS) is 25.0. The minimum Gasteiger partial charge on any atom is -0.477 e. The van der Waals surface area contributed by atoms with Gasteiger partial charge in [-0.25, -0.2) is 9.78 Å². The van der Waals surface area contributed by atoms with Crippen molar-refractivity contribution in [2.75, 3.05) is 18.1 Å². The zero-order valence-electron chi connectivity index (χ0n) is 14.2. The summed E-state index contributed by atoms with van der Waals surface area (Å²) in [6.45, 7) is 1.74. The summed E-state index contributed by atoms with van der Waals surface area (Å²) in [4.78, 5) is 30.8. The Hall–Kier alpha value is -2.45. The van der Waals surface area contributed by atoms with Crippen LogP contribution in [0.5, 0.6) is 0 Å². The summed E-state index contributed by atoms with van der Waals surface area (Å²) in [7, 11) is 0. The van der Waals surface area contributed by atoms with Gasteiger partial charge < -0.3 is 25.0 Å². The number of hydrogen-bond acceptors (Lipinski definition) is 6. The number of fused-ring (bicyclic) bond motifs is 5. The minimum atomic E-state index is -1.22. The van der Waals surface area contributed by atoms with Gasteiger partial charge in [0.25, 0.3) is 0 Å². The summed E-state index contributed by atoms with van der Waals surface area (Å²) < 4.78 is 7.83. The third kappa shape index (κ3) is 2.18. The van der Waals surface area contributed by atoms with E-state index in [2.05, 4.69) is 9.88 Å². The smallest absolute Gasteiger partial charge is 0.341 e. The van der Waals surface area contributed by atoms with Crippen LogP contribution in [0.4, 0.5) is 5.69 Å². The van der Waals surface area contributed by atoms with Crippen LogP contribution >= 0.6 is 0 Å². The highest BCUT2D eigenvalue weighted by Crippen LogP contribution is 2.40. The molecule has 0 aromatic carbocycles. The van der Waals surface area contributed by atoms with E-state index < -0.39 is 11.4 Å². The first-order valence-electron chi connectivity index (χ1n) is 8.96. The number of ether oxygens (including phenoxy) is 1. The Labute approximate surface area is 149 Å². The molecule has 0 amide bonds. The van der Waals surface area contributed by atoms with Crippen molar-refractivity contribution < 1.29 is 14.6 Å². The van der Waals surface area contributed by atoms with Crippen molar-refractivity contribution in [1.29, 1.82) is 0 Å². The third-order valence-corrected chi connectivity index (χ3v) is 5.73. The molecule has 8 heteroatoms. The van der Waals surface area contributed by atoms with Crippen LogP contribution in [0, 0.1) is 0 Å². The van der Waals surface area contributed by atoms with Crippen molar-refractivity contribution in [2.45, 2.75) is 44.0 Å². The lowest BCUT2D eigenvalue weighted by molar-refractivity contribution is 0.0695. The molecule has 2 unspecified atom stereocenters. The first kappa shape index (κ1) is 15.8. The molecule has 1 saturated heterocycles. The number of pyridine rings is 2. The number of nitrogens with two attached hydrogens (primary N) is 1. The van der Waals surface area contributed by atoms with E-state index in [0.29, 0.717) is 18.7 Å². The molecule has 0 bridgehead atoms. The van der Waals surface area contributed by atoms with Crippen molar-refractivity contribution in [1.82, 2.24) is 9.55 Å². The molecule has 2 fully saturated rings. The summed E-state index contributed by atoms with van der Waals surface area (Å²) in [5.74, 6) is -1.22. The topological polar surface area (TPSA) is 111 Å². The maximum Gasteiger partial charge on any atom is 0.341 e. The SMILES string of the molecule is NC1CCN2c3cnc4c(=O)c(C(=O)O)cn(C5CC5)c4c3COCC12. The molecule has 3 N–H and O–H groups in total. The Bertz CT molecular complexity index is 981. The number of carboxylic acid groups (broad SMARTS) is 1. The number of aromatic nitrogens is 2. The fourth-order valence-electron chi connectivity index (χ4n) is 4.22. The van der Waals surface area contributed by atoms with Gasteiger partial charge in [-0.05, 0) is 19.3 Å². The van der Waals surface area contributed by atoms with Crippen LogP contribution in [-0.2, 0) is 11.3 Å². The molecule has 1 aliphatic carbocycles. The first-order chi connectivity index (χ1) is 12.6. The molecule has 0 spiro atoms. The Kier molecular flexibility index (Phi) is 3.35. The monoisotopic (exact) mass is 356 g/mol. The van der Waals surface area contributed by atoms with Crippen LogP contribution in [0.3, 0.4) is 0 Å². The van der Waals surface area contributed by atoms with Crippen molar-refractivity contribution in [3.63, 3.8) is 0 Å². The Morgan fingerprint density at radius 2 is 2.15 bits per heavy atom. The van der Waals surface area contributed by atoms with Gasteiger partial charge in [-0.3, -0.25) is 4.79 Å². The van der Waals surface area contributed by atoms with Gasteiger partial charge in [-0.15, -0.1) is 0 Å².